The zero-order valence-electron chi connectivity index (χ0n) is 10.9. The van der Waals surface area contributed by atoms with Crippen molar-refractivity contribution in [2.75, 3.05) is 0 Å². The van der Waals surface area contributed by atoms with E-state index in [1.165, 1.54) is 18.0 Å². The number of rotatable bonds is 5. The first-order chi connectivity index (χ1) is 7.39. The molecular weight excluding hydrogens is 218 g/mol. The number of hydrogen-bond acceptors (Lipinski definition) is 4. The fourth-order valence-electron chi connectivity index (χ4n) is 1.70. The Hall–Kier alpha value is -0.480. The molecular formula is C12H23N3S. The van der Waals surface area contributed by atoms with Crippen molar-refractivity contribution in [3.05, 3.63) is 11.1 Å². The molecule has 1 heterocycles. The van der Waals surface area contributed by atoms with Crippen LogP contribution in [-0.4, -0.2) is 15.6 Å². The standard InChI is InChI=1S/C12H23N3S/c1-9(2)6-11(12(3,4)5)13-7-10-8-16-15-14-10/h8-9,11,13H,6-7H2,1-5H3. The second-order valence-corrected chi connectivity index (χ2v) is 6.44. The number of nitrogens with zero attached hydrogens (tertiary/aromatic N) is 2. The molecule has 0 aromatic carbocycles. The van der Waals surface area contributed by atoms with Crippen LogP contribution in [0.25, 0.3) is 0 Å². The second kappa shape index (κ2) is 5.73. The number of nitrogens with one attached hydrogen (secondary N) is 1. The van der Waals surface area contributed by atoms with Crippen molar-refractivity contribution in [2.45, 2.75) is 53.6 Å². The molecule has 0 bridgehead atoms. The summed E-state index contributed by atoms with van der Waals surface area (Å²) in [6, 6.07) is 0.522. The lowest BCUT2D eigenvalue weighted by atomic mass is 9.82. The van der Waals surface area contributed by atoms with Gasteiger partial charge in [0.15, 0.2) is 0 Å². The molecule has 1 rings (SSSR count). The Kier molecular flexibility index (Phi) is 4.87. The van der Waals surface area contributed by atoms with Gasteiger partial charge in [0.25, 0.3) is 0 Å². The summed E-state index contributed by atoms with van der Waals surface area (Å²) < 4.78 is 3.87. The molecule has 0 aliphatic rings. The van der Waals surface area contributed by atoms with Crippen molar-refractivity contribution in [3.63, 3.8) is 0 Å². The highest BCUT2D eigenvalue weighted by Gasteiger charge is 2.24. The Morgan fingerprint density at radius 3 is 2.50 bits per heavy atom. The molecule has 0 saturated carbocycles. The third kappa shape index (κ3) is 4.58. The van der Waals surface area contributed by atoms with Crippen molar-refractivity contribution in [3.8, 4) is 0 Å². The lowest BCUT2D eigenvalue weighted by Gasteiger charge is -2.32. The van der Waals surface area contributed by atoms with Gasteiger partial charge in [-0.25, -0.2) is 0 Å². The van der Waals surface area contributed by atoms with Gasteiger partial charge in [-0.3, -0.25) is 0 Å². The van der Waals surface area contributed by atoms with Crippen LogP contribution in [0, 0.1) is 11.3 Å². The van der Waals surface area contributed by atoms with Gasteiger partial charge >= 0.3 is 0 Å². The van der Waals surface area contributed by atoms with Crippen LogP contribution in [0.4, 0.5) is 0 Å². The van der Waals surface area contributed by atoms with Crippen LogP contribution in [0.3, 0.4) is 0 Å². The van der Waals surface area contributed by atoms with Crippen molar-refractivity contribution < 1.29 is 0 Å². The Bertz CT molecular complexity index is 288. The van der Waals surface area contributed by atoms with Crippen LogP contribution in [0.1, 0.15) is 46.7 Å². The van der Waals surface area contributed by atoms with E-state index in [4.69, 9.17) is 0 Å². The summed E-state index contributed by atoms with van der Waals surface area (Å²) in [7, 11) is 0. The second-order valence-electron chi connectivity index (χ2n) is 5.83. The maximum Gasteiger partial charge on any atom is 0.0893 e. The van der Waals surface area contributed by atoms with Crippen molar-refractivity contribution >= 4 is 11.5 Å². The van der Waals surface area contributed by atoms with E-state index >= 15 is 0 Å². The average molecular weight is 241 g/mol. The minimum atomic E-state index is 0.285. The summed E-state index contributed by atoms with van der Waals surface area (Å²) >= 11 is 1.41. The molecule has 0 fully saturated rings. The Labute approximate surface area is 103 Å². The molecule has 1 aromatic heterocycles. The average Bonchev–Trinajstić information content (AvgIpc) is 2.62. The zero-order chi connectivity index (χ0) is 12.2. The molecule has 1 unspecified atom stereocenters. The summed E-state index contributed by atoms with van der Waals surface area (Å²) in [4.78, 5) is 0. The summed E-state index contributed by atoms with van der Waals surface area (Å²) in [6.45, 7) is 12.2. The zero-order valence-corrected chi connectivity index (χ0v) is 11.8. The normalized spacial score (nSPS) is 14.4. The Morgan fingerprint density at radius 1 is 1.38 bits per heavy atom. The van der Waals surface area contributed by atoms with Gasteiger partial charge in [-0.1, -0.05) is 39.1 Å². The van der Waals surface area contributed by atoms with E-state index in [0.29, 0.717) is 12.0 Å². The predicted molar refractivity (Wildman–Crippen MR) is 69.4 cm³/mol. The Morgan fingerprint density at radius 2 is 2.06 bits per heavy atom. The quantitative estimate of drug-likeness (QED) is 0.861. The highest BCUT2D eigenvalue weighted by Crippen LogP contribution is 2.24. The van der Waals surface area contributed by atoms with Crippen molar-refractivity contribution in [2.24, 2.45) is 11.3 Å². The molecule has 4 heteroatoms. The van der Waals surface area contributed by atoms with Gasteiger partial charge in [-0.15, -0.1) is 5.10 Å². The maximum atomic E-state index is 4.06. The highest BCUT2D eigenvalue weighted by atomic mass is 32.1. The van der Waals surface area contributed by atoms with E-state index < -0.39 is 0 Å². The fourth-order valence-corrected chi connectivity index (χ4v) is 2.15. The minimum Gasteiger partial charge on any atom is -0.308 e. The molecule has 0 aliphatic heterocycles. The molecule has 1 aromatic rings. The summed E-state index contributed by atoms with van der Waals surface area (Å²) in [5, 5.41) is 9.66. The molecule has 0 aliphatic carbocycles. The monoisotopic (exact) mass is 241 g/mol. The molecule has 0 radical (unpaired) electrons. The highest BCUT2D eigenvalue weighted by molar-refractivity contribution is 7.03. The van der Waals surface area contributed by atoms with Crippen LogP contribution in [0.15, 0.2) is 5.38 Å². The fraction of sp³-hybridized carbons (Fsp3) is 0.833. The van der Waals surface area contributed by atoms with Crippen LogP contribution < -0.4 is 5.32 Å². The summed E-state index contributed by atoms with van der Waals surface area (Å²) in [5.74, 6) is 0.713. The van der Waals surface area contributed by atoms with E-state index in [1.54, 1.807) is 0 Å². The van der Waals surface area contributed by atoms with E-state index in [2.05, 4.69) is 49.5 Å². The number of aromatic nitrogens is 2. The van der Waals surface area contributed by atoms with Crippen molar-refractivity contribution in [1.82, 2.24) is 14.9 Å². The van der Waals surface area contributed by atoms with Gasteiger partial charge in [0.2, 0.25) is 0 Å². The van der Waals surface area contributed by atoms with Crippen LogP contribution >= 0.6 is 11.5 Å². The smallest absolute Gasteiger partial charge is 0.0893 e. The molecule has 92 valence electrons. The first kappa shape index (κ1) is 13.6. The van der Waals surface area contributed by atoms with Gasteiger partial charge in [0, 0.05) is 18.0 Å². The van der Waals surface area contributed by atoms with Crippen LogP contribution in [0.2, 0.25) is 0 Å². The van der Waals surface area contributed by atoms with E-state index in [-0.39, 0.29) is 5.41 Å². The topological polar surface area (TPSA) is 37.8 Å². The summed E-state index contributed by atoms with van der Waals surface area (Å²) in [6.07, 6.45) is 1.20. The molecule has 0 spiro atoms. The molecule has 1 atom stereocenters. The Balaban J connectivity index is 2.50. The van der Waals surface area contributed by atoms with Gasteiger partial charge in [-0.2, -0.15) is 0 Å². The number of hydrogen-bond donors (Lipinski definition) is 1. The first-order valence-corrected chi connectivity index (χ1v) is 6.72. The van der Waals surface area contributed by atoms with Gasteiger partial charge in [-0.05, 0) is 29.3 Å². The molecule has 0 saturated heterocycles. The van der Waals surface area contributed by atoms with Crippen LogP contribution in [-0.2, 0) is 6.54 Å². The third-order valence-electron chi connectivity index (χ3n) is 2.69. The SMILES string of the molecule is CC(C)CC(NCc1csnn1)C(C)(C)C. The third-order valence-corrected chi connectivity index (χ3v) is 3.24. The molecule has 1 N–H and O–H groups in total. The molecule has 3 nitrogen and oxygen atoms in total. The summed E-state index contributed by atoms with van der Waals surface area (Å²) in [5.41, 5.74) is 1.33. The minimum absolute atomic E-state index is 0.285. The maximum absolute atomic E-state index is 4.06. The lowest BCUT2D eigenvalue weighted by Crippen LogP contribution is -2.40. The van der Waals surface area contributed by atoms with Gasteiger partial charge in [0.05, 0.1) is 5.69 Å². The first-order valence-electron chi connectivity index (χ1n) is 5.89. The van der Waals surface area contributed by atoms with Gasteiger partial charge in [0.1, 0.15) is 0 Å². The van der Waals surface area contributed by atoms with E-state index in [1.807, 2.05) is 5.38 Å². The van der Waals surface area contributed by atoms with E-state index in [0.717, 1.165) is 12.2 Å². The predicted octanol–water partition coefficient (Wildman–Crippen LogP) is 3.09. The van der Waals surface area contributed by atoms with Gasteiger partial charge < -0.3 is 5.32 Å². The van der Waals surface area contributed by atoms with Crippen LogP contribution in [0.5, 0.6) is 0 Å². The lowest BCUT2D eigenvalue weighted by molar-refractivity contribution is 0.232. The van der Waals surface area contributed by atoms with Crippen molar-refractivity contribution in [1.29, 1.82) is 0 Å². The molecule has 0 amide bonds. The largest absolute Gasteiger partial charge is 0.308 e. The van der Waals surface area contributed by atoms with E-state index in [9.17, 15) is 0 Å². The molecule has 16 heavy (non-hydrogen) atoms.